The van der Waals surface area contributed by atoms with Crippen molar-refractivity contribution in [1.82, 2.24) is 5.32 Å². The predicted octanol–water partition coefficient (Wildman–Crippen LogP) is 3.67. The van der Waals surface area contributed by atoms with Crippen molar-refractivity contribution < 1.29 is 5.11 Å². The fourth-order valence-electron chi connectivity index (χ4n) is 4.25. The third-order valence-electron chi connectivity index (χ3n) is 5.36. The van der Waals surface area contributed by atoms with Crippen molar-refractivity contribution >= 4 is 0 Å². The molecule has 0 amide bonds. The van der Waals surface area contributed by atoms with Gasteiger partial charge in [-0.2, -0.15) is 0 Å². The van der Waals surface area contributed by atoms with Crippen LogP contribution < -0.4 is 5.32 Å². The van der Waals surface area contributed by atoms with Crippen molar-refractivity contribution in [3.63, 3.8) is 0 Å². The zero-order chi connectivity index (χ0) is 13.8. The first kappa shape index (κ1) is 14.1. The molecule has 3 rings (SSSR count). The summed E-state index contributed by atoms with van der Waals surface area (Å²) in [4.78, 5) is 0. The Labute approximate surface area is 122 Å². The van der Waals surface area contributed by atoms with Gasteiger partial charge in [-0.05, 0) is 36.7 Å². The number of hydrogen-bond donors (Lipinski definition) is 2. The third-order valence-corrected chi connectivity index (χ3v) is 5.36. The molecule has 0 spiro atoms. The summed E-state index contributed by atoms with van der Waals surface area (Å²) < 4.78 is 0. The van der Waals surface area contributed by atoms with Crippen LogP contribution in [0.2, 0.25) is 0 Å². The van der Waals surface area contributed by atoms with Crippen LogP contribution in [-0.4, -0.2) is 17.8 Å². The zero-order valence-electron chi connectivity index (χ0n) is 12.3. The van der Waals surface area contributed by atoms with E-state index in [0.717, 1.165) is 11.8 Å². The minimum absolute atomic E-state index is 0.0985. The standard InChI is InChI=1S/C18H27NO/c20-13-18(15-7-2-1-3-8-15)19-17-11-10-14-6-4-5-9-16(14)12-17/h1-3,7-8,14,16-20H,4-6,9-13H2/t14?,16?,17?,18-/m1/s1. The average molecular weight is 273 g/mol. The van der Waals surface area contributed by atoms with Gasteiger partial charge in [0.15, 0.2) is 0 Å². The van der Waals surface area contributed by atoms with Gasteiger partial charge in [0, 0.05) is 6.04 Å². The molecule has 2 heteroatoms. The minimum atomic E-state index is 0.0985. The number of aliphatic hydroxyl groups excluding tert-OH is 1. The molecule has 0 heterocycles. The molecule has 2 aliphatic rings. The second kappa shape index (κ2) is 6.73. The number of aliphatic hydroxyl groups is 1. The van der Waals surface area contributed by atoms with Crippen LogP contribution in [0, 0.1) is 11.8 Å². The van der Waals surface area contributed by atoms with Gasteiger partial charge in [-0.1, -0.05) is 56.0 Å². The molecule has 2 N–H and O–H groups in total. The second-order valence-electron chi connectivity index (χ2n) is 6.63. The van der Waals surface area contributed by atoms with E-state index in [4.69, 9.17) is 0 Å². The predicted molar refractivity (Wildman–Crippen MR) is 82.5 cm³/mol. The van der Waals surface area contributed by atoms with Crippen LogP contribution in [-0.2, 0) is 0 Å². The molecular weight excluding hydrogens is 246 g/mol. The van der Waals surface area contributed by atoms with Gasteiger partial charge >= 0.3 is 0 Å². The van der Waals surface area contributed by atoms with Crippen LogP contribution >= 0.6 is 0 Å². The molecule has 20 heavy (non-hydrogen) atoms. The van der Waals surface area contributed by atoms with E-state index in [9.17, 15) is 5.11 Å². The largest absolute Gasteiger partial charge is 0.394 e. The molecule has 2 saturated carbocycles. The second-order valence-corrected chi connectivity index (χ2v) is 6.63. The van der Waals surface area contributed by atoms with Crippen LogP contribution in [0.3, 0.4) is 0 Å². The van der Waals surface area contributed by atoms with E-state index in [0.29, 0.717) is 6.04 Å². The van der Waals surface area contributed by atoms with Crippen LogP contribution in [0.25, 0.3) is 0 Å². The number of rotatable bonds is 4. The fourth-order valence-corrected chi connectivity index (χ4v) is 4.25. The van der Waals surface area contributed by atoms with Crippen molar-refractivity contribution in [2.45, 2.75) is 57.0 Å². The summed E-state index contributed by atoms with van der Waals surface area (Å²) in [5, 5.41) is 13.4. The highest BCUT2D eigenvalue weighted by atomic mass is 16.3. The van der Waals surface area contributed by atoms with Gasteiger partial charge in [-0.15, -0.1) is 0 Å². The maximum atomic E-state index is 9.68. The summed E-state index contributed by atoms with van der Waals surface area (Å²) in [7, 11) is 0. The number of hydrogen-bond acceptors (Lipinski definition) is 2. The van der Waals surface area contributed by atoms with Gasteiger partial charge in [0.2, 0.25) is 0 Å². The van der Waals surface area contributed by atoms with E-state index < -0.39 is 0 Å². The smallest absolute Gasteiger partial charge is 0.0626 e. The van der Waals surface area contributed by atoms with Crippen molar-refractivity contribution in [1.29, 1.82) is 0 Å². The van der Waals surface area contributed by atoms with E-state index in [2.05, 4.69) is 29.6 Å². The number of benzene rings is 1. The highest BCUT2D eigenvalue weighted by Crippen LogP contribution is 2.40. The Morgan fingerprint density at radius 1 is 1.00 bits per heavy atom. The van der Waals surface area contributed by atoms with E-state index >= 15 is 0 Å². The number of nitrogens with one attached hydrogen (secondary N) is 1. The van der Waals surface area contributed by atoms with Gasteiger partial charge < -0.3 is 10.4 Å². The highest BCUT2D eigenvalue weighted by Gasteiger charge is 2.32. The molecule has 2 aliphatic carbocycles. The van der Waals surface area contributed by atoms with Gasteiger partial charge in [-0.25, -0.2) is 0 Å². The topological polar surface area (TPSA) is 32.3 Å². The highest BCUT2D eigenvalue weighted by molar-refractivity contribution is 5.19. The Kier molecular flexibility index (Phi) is 4.74. The summed E-state index contributed by atoms with van der Waals surface area (Å²) in [6.07, 6.45) is 9.74. The van der Waals surface area contributed by atoms with E-state index in [1.54, 1.807) is 0 Å². The SMILES string of the molecule is OC[C@@H](NC1CCC2CCCCC2C1)c1ccccc1. The van der Waals surface area contributed by atoms with Gasteiger partial charge in [0.25, 0.3) is 0 Å². The lowest BCUT2D eigenvalue weighted by Gasteiger charge is -2.40. The monoisotopic (exact) mass is 273 g/mol. The summed E-state index contributed by atoms with van der Waals surface area (Å²) in [6, 6.07) is 11.0. The quantitative estimate of drug-likeness (QED) is 0.877. The summed E-state index contributed by atoms with van der Waals surface area (Å²) >= 11 is 0. The molecule has 3 unspecified atom stereocenters. The fraction of sp³-hybridized carbons (Fsp3) is 0.667. The van der Waals surface area contributed by atoms with E-state index in [1.807, 2.05) is 6.07 Å². The lowest BCUT2D eigenvalue weighted by molar-refractivity contribution is 0.129. The van der Waals surface area contributed by atoms with Crippen LogP contribution in [0.15, 0.2) is 30.3 Å². The van der Waals surface area contributed by atoms with Crippen molar-refractivity contribution in [2.24, 2.45) is 11.8 Å². The third kappa shape index (κ3) is 3.24. The van der Waals surface area contributed by atoms with Crippen molar-refractivity contribution in [3.8, 4) is 0 Å². The van der Waals surface area contributed by atoms with Crippen LogP contribution in [0.4, 0.5) is 0 Å². The molecule has 2 nitrogen and oxygen atoms in total. The van der Waals surface area contributed by atoms with E-state index in [-0.39, 0.29) is 12.6 Å². The molecule has 0 radical (unpaired) electrons. The van der Waals surface area contributed by atoms with Crippen LogP contribution in [0.5, 0.6) is 0 Å². The Morgan fingerprint density at radius 3 is 2.50 bits per heavy atom. The maximum absolute atomic E-state index is 9.68. The minimum Gasteiger partial charge on any atom is -0.394 e. The molecule has 2 fully saturated rings. The van der Waals surface area contributed by atoms with E-state index in [1.165, 1.54) is 50.5 Å². The van der Waals surface area contributed by atoms with Gasteiger partial charge in [0.05, 0.1) is 12.6 Å². The Morgan fingerprint density at radius 2 is 1.75 bits per heavy atom. The maximum Gasteiger partial charge on any atom is 0.0626 e. The summed E-state index contributed by atoms with van der Waals surface area (Å²) in [6.45, 7) is 0.189. The molecule has 4 atom stereocenters. The molecule has 0 bridgehead atoms. The molecule has 1 aromatic rings. The van der Waals surface area contributed by atoms with Crippen molar-refractivity contribution in [2.75, 3.05) is 6.61 Å². The van der Waals surface area contributed by atoms with Gasteiger partial charge in [-0.3, -0.25) is 0 Å². The first-order valence-corrected chi connectivity index (χ1v) is 8.28. The first-order chi connectivity index (χ1) is 9.86. The average Bonchev–Trinajstić information content (AvgIpc) is 2.53. The lowest BCUT2D eigenvalue weighted by Crippen LogP contribution is -2.41. The number of fused-ring (bicyclic) bond motifs is 1. The van der Waals surface area contributed by atoms with Crippen LogP contribution in [0.1, 0.15) is 56.6 Å². The van der Waals surface area contributed by atoms with Crippen molar-refractivity contribution in [3.05, 3.63) is 35.9 Å². The Hall–Kier alpha value is -0.860. The molecule has 0 saturated heterocycles. The Bertz CT molecular complexity index is 405. The molecule has 0 aromatic heterocycles. The normalized spacial score (nSPS) is 31.6. The molecule has 0 aliphatic heterocycles. The lowest BCUT2D eigenvalue weighted by atomic mass is 9.69. The summed E-state index contributed by atoms with van der Waals surface area (Å²) in [5.41, 5.74) is 1.21. The Balaban J connectivity index is 1.59. The molecule has 1 aromatic carbocycles. The molecule has 110 valence electrons. The first-order valence-electron chi connectivity index (χ1n) is 8.28. The van der Waals surface area contributed by atoms with Gasteiger partial charge in [0.1, 0.15) is 0 Å². The summed E-state index contributed by atoms with van der Waals surface area (Å²) in [5.74, 6) is 1.93. The zero-order valence-corrected chi connectivity index (χ0v) is 12.3. The molecular formula is C18H27NO.